The van der Waals surface area contributed by atoms with Crippen molar-refractivity contribution in [3.8, 4) is 0 Å². The molecule has 1 aromatic carbocycles. The first-order valence-corrected chi connectivity index (χ1v) is 12.7. The van der Waals surface area contributed by atoms with E-state index in [9.17, 15) is 32.3 Å². The van der Waals surface area contributed by atoms with E-state index in [2.05, 4.69) is 16.0 Å². The van der Waals surface area contributed by atoms with Crippen LogP contribution in [-0.4, -0.2) is 86.2 Å². The molecule has 0 aliphatic carbocycles. The van der Waals surface area contributed by atoms with Crippen molar-refractivity contribution in [2.45, 2.75) is 50.0 Å². The summed E-state index contributed by atoms with van der Waals surface area (Å²) in [6.07, 6.45) is -4.20. The Morgan fingerprint density at radius 1 is 1.00 bits per heavy atom. The normalized spacial score (nSPS) is 22.8. The number of nitrogens with two attached hydrogens (primary N) is 1. The van der Waals surface area contributed by atoms with Gasteiger partial charge < -0.3 is 31.2 Å². The topological polar surface area (TPSA) is 152 Å². The van der Waals surface area contributed by atoms with Crippen LogP contribution < -0.4 is 21.7 Å². The summed E-state index contributed by atoms with van der Waals surface area (Å²) in [7, 11) is 0. The van der Waals surface area contributed by atoms with Gasteiger partial charge in [-0.1, -0.05) is 12.1 Å². The van der Waals surface area contributed by atoms with Gasteiger partial charge >= 0.3 is 6.18 Å². The summed E-state index contributed by atoms with van der Waals surface area (Å²) < 4.78 is 49.3. The molecule has 1 unspecified atom stereocenters. The number of carbonyl (C=O) groups is 4. The van der Waals surface area contributed by atoms with Crippen molar-refractivity contribution in [2.24, 2.45) is 5.73 Å². The summed E-state index contributed by atoms with van der Waals surface area (Å²) in [6.45, 7) is 1.79. The zero-order valence-electron chi connectivity index (χ0n) is 21.5. The predicted molar refractivity (Wildman–Crippen MR) is 132 cm³/mol. The first-order valence-electron chi connectivity index (χ1n) is 12.7. The molecule has 216 valence electrons. The highest BCUT2D eigenvalue weighted by molar-refractivity contribution is 5.91. The van der Waals surface area contributed by atoms with E-state index in [0.717, 1.165) is 12.1 Å². The maximum atomic E-state index is 13.0. The van der Waals surface area contributed by atoms with Crippen LogP contribution in [0.15, 0.2) is 24.3 Å². The maximum Gasteiger partial charge on any atom is 0.416 e. The third-order valence-electron chi connectivity index (χ3n) is 6.65. The van der Waals surface area contributed by atoms with Crippen molar-refractivity contribution >= 4 is 23.6 Å². The lowest BCUT2D eigenvalue weighted by molar-refractivity contribution is -0.137. The number of rotatable bonds is 3. The monoisotopic (exact) mass is 557 g/mol. The van der Waals surface area contributed by atoms with Crippen molar-refractivity contribution in [3.05, 3.63) is 35.4 Å². The number of likely N-dealkylation sites (tertiary alicyclic amines) is 1. The number of halogens is 3. The first-order chi connectivity index (χ1) is 18.5. The average Bonchev–Trinajstić information content (AvgIpc) is 2.86. The van der Waals surface area contributed by atoms with Crippen LogP contribution in [0.1, 0.15) is 36.8 Å². The molecule has 5 N–H and O–H groups in total. The minimum Gasteiger partial charge on any atom is -0.377 e. The number of carbonyl (C=O) groups excluding carboxylic acids is 4. The van der Waals surface area contributed by atoms with Gasteiger partial charge in [-0.3, -0.25) is 24.1 Å². The zero-order valence-corrected chi connectivity index (χ0v) is 21.5. The number of alkyl halides is 3. The molecule has 1 atom stereocenters. The second kappa shape index (κ2) is 13.7. The molecule has 0 radical (unpaired) electrons. The molecule has 1 aromatic rings. The molecule has 11 nitrogen and oxygen atoms in total. The average molecular weight is 558 g/mol. The van der Waals surface area contributed by atoms with Crippen LogP contribution in [0, 0.1) is 0 Å². The van der Waals surface area contributed by atoms with Gasteiger partial charge in [-0.2, -0.15) is 13.2 Å². The number of nitrogens with one attached hydrogen (secondary N) is 3. The molecule has 0 bridgehead atoms. The molecule has 39 heavy (non-hydrogen) atoms. The Bertz CT molecular complexity index is 1010. The Morgan fingerprint density at radius 2 is 1.67 bits per heavy atom. The van der Waals surface area contributed by atoms with Crippen LogP contribution in [0.4, 0.5) is 13.2 Å². The second-order valence-electron chi connectivity index (χ2n) is 9.72. The molecule has 1 spiro atoms. The lowest BCUT2D eigenvalue weighted by Gasteiger charge is -2.42. The summed E-state index contributed by atoms with van der Waals surface area (Å²) in [4.78, 5) is 51.7. The Labute approximate surface area is 223 Å². The van der Waals surface area contributed by atoms with E-state index in [1.807, 2.05) is 4.90 Å². The zero-order chi connectivity index (χ0) is 28.5. The smallest absolute Gasteiger partial charge is 0.377 e. The SMILES string of the molecule is NC(=O)C1CC(=O)NCCOCCOCC(=O)NC2(CCN(Cc3ccc(C(F)(F)F)cc3)CC2)CC(=O)N1. The Morgan fingerprint density at radius 3 is 2.31 bits per heavy atom. The standard InChI is InChI=1S/C25H34F3N5O6/c26-25(27,28)18-3-1-17(2-4-18)15-33-8-5-24(6-9-33)14-21(35)31-19(23(29)37)13-20(34)30-7-10-38-11-12-39-16-22(36)32-24/h1-4,19H,5-16H2,(H2,29,37)(H,30,34)(H,31,35)(H,32,36). The summed E-state index contributed by atoms with van der Waals surface area (Å²) in [5, 5.41) is 7.99. The molecule has 2 aliphatic heterocycles. The van der Waals surface area contributed by atoms with Gasteiger partial charge in [0.25, 0.3) is 0 Å². The maximum absolute atomic E-state index is 13.0. The molecule has 2 saturated heterocycles. The first kappa shape index (κ1) is 30.3. The number of amides is 4. The molecule has 2 fully saturated rings. The number of hydrogen-bond donors (Lipinski definition) is 4. The summed E-state index contributed by atoms with van der Waals surface area (Å²) in [5.74, 6) is -2.34. The molecule has 0 aromatic heterocycles. The van der Waals surface area contributed by atoms with Crippen LogP contribution in [-0.2, 0) is 41.4 Å². The van der Waals surface area contributed by atoms with Gasteiger partial charge in [-0.25, -0.2) is 0 Å². The van der Waals surface area contributed by atoms with Crippen LogP contribution in [0.3, 0.4) is 0 Å². The fraction of sp³-hybridized carbons (Fsp3) is 0.600. The van der Waals surface area contributed by atoms with E-state index in [1.54, 1.807) is 0 Å². The Kier molecular flexibility index (Phi) is 10.7. The third-order valence-corrected chi connectivity index (χ3v) is 6.65. The fourth-order valence-corrected chi connectivity index (χ4v) is 4.55. The second-order valence-corrected chi connectivity index (χ2v) is 9.72. The summed E-state index contributed by atoms with van der Waals surface area (Å²) >= 11 is 0. The van der Waals surface area contributed by atoms with E-state index in [1.165, 1.54) is 12.1 Å². The van der Waals surface area contributed by atoms with Crippen molar-refractivity contribution in [3.63, 3.8) is 0 Å². The molecule has 2 aliphatic rings. The van der Waals surface area contributed by atoms with E-state index in [-0.39, 0.29) is 45.8 Å². The lowest BCUT2D eigenvalue weighted by Crippen LogP contribution is -2.58. The van der Waals surface area contributed by atoms with Crippen molar-refractivity contribution in [1.29, 1.82) is 0 Å². The van der Waals surface area contributed by atoms with E-state index < -0.39 is 46.9 Å². The minimum absolute atomic E-state index is 0.152. The molecule has 4 amide bonds. The molecule has 3 rings (SSSR count). The van der Waals surface area contributed by atoms with Crippen LogP contribution in [0.25, 0.3) is 0 Å². The third kappa shape index (κ3) is 9.79. The summed E-state index contributed by atoms with van der Waals surface area (Å²) in [6, 6.07) is 3.70. The number of ether oxygens (including phenoxy) is 2. The van der Waals surface area contributed by atoms with Crippen molar-refractivity contribution < 1.29 is 41.8 Å². The van der Waals surface area contributed by atoms with Crippen LogP contribution >= 0.6 is 0 Å². The fourth-order valence-electron chi connectivity index (χ4n) is 4.55. The lowest BCUT2D eigenvalue weighted by atomic mass is 9.83. The number of nitrogens with zero attached hydrogens (tertiary/aromatic N) is 1. The van der Waals surface area contributed by atoms with Gasteiger partial charge in [0.2, 0.25) is 23.6 Å². The number of benzene rings is 1. The highest BCUT2D eigenvalue weighted by atomic mass is 19.4. The van der Waals surface area contributed by atoms with Crippen LogP contribution in [0.5, 0.6) is 0 Å². The predicted octanol–water partition coefficient (Wildman–Crippen LogP) is 0.0695. The quantitative estimate of drug-likeness (QED) is 0.411. The highest BCUT2D eigenvalue weighted by Gasteiger charge is 2.39. The minimum atomic E-state index is -4.41. The Balaban J connectivity index is 1.68. The van der Waals surface area contributed by atoms with E-state index >= 15 is 0 Å². The molecule has 0 saturated carbocycles. The molecular weight excluding hydrogens is 523 g/mol. The van der Waals surface area contributed by atoms with Gasteiger partial charge in [0, 0.05) is 32.6 Å². The number of hydrogen-bond acceptors (Lipinski definition) is 7. The van der Waals surface area contributed by atoms with Gasteiger partial charge in [-0.15, -0.1) is 0 Å². The van der Waals surface area contributed by atoms with E-state index in [4.69, 9.17) is 15.2 Å². The number of piperidine rings is 1. The molecule has 2 heterocycles. The largest absolute Gasteiger partial charge is 0.416 e. The van der Waals surface area contributed by atoms with Crippen molar-refractivity contribution in [2.75, 3.05) is 46.1 Å². The van der Waals surface area contributed by atoms with Crippen molar-refractivity contribution in [1.82, 2.24) is 20.9 Å². The Hall–Kier alpha value is -3.23. The highest BCUT2D eigenvalue weighted by Crippen LogP contribution is 2.30. The van der Waals surface area contributed by atoms with Gasteiger partial charge in [0.1, 0.15) is 12.6 Å². The summed E-state index contributed by atoms with van der Waals surface area (Å²) in [5.41, 5.74) is 4.41. The number of primary amides is 1. The van der Waals surface area contributed by atoms with Gasteiger partial charge in [0.05, 0.1) is 37.3 Å². The van der Waals surface area contributed by atoms with Crippen LogP contribution in [0.2, 0.25) is 0 Å². The molecule has 14 heteroatoms. The van der Waals surface area contributed by atoms with Gasteiger partial charge in [0.15, 0.2) is 0 Å². The molecular formula is C25H34F3N5O6. The van der Waals surface area contributed by atoms with E-state index in [0.29, 0.717) is 38.0 Å². The van der Waals surface area contributed by atoms with Gasteiger partial charge in [-0.05, 0) is 30.5 Å².